The van der Waals surface area contributed by atoms with E-state index < -0.39 is 0 Å². The molecule has 2 fully saturated rings. The second-order valence-electron chi connectivity index (χ2n) is 5.67. The third kappa shape index (κ3) is 4.16. The minimum atomic E-state index is -0.147. The summed E-state index contributed by atoms with van der Waals surface area (Å²) in [5.74, 6) is 0.0803. The van der Waals surface area contributed by atoms with Crippen LogP contribution in [-0.2, 0) is 9.53 Å². The summed E-state index contributed by atoms with van der Waals surface area (Å²) in [5, 5.41) is 6.18. The summed E-state index contributed by atoms with van der Waals surface area (Å²) in [6.45, 7) is 8.53. The number of hydrogen-bond donors (Lipinski definition) is 2. The lowest BCUT2D eigenvalue weighted by molar-refractivity contribution is -0.123. The van der Waals surface area contributed by atoms with Crippen molar-refractivity contribution in [1.82, 2.24) is 15.5 Å². The van der Waals surface area contributed by atoms with Gasteiger partial charge in [-0.05, 0) is 32.7 Å². The van der Waals surface area contributed by atoms with Crippen LogP contribution >= 0.6 is 0 Å². The summed E-state index contributed by atoms with van der Waals surface area (Å²) in [6, 6.07) is 0.493. The molecule has 2 saturated heterocycles. The zero-order valence-electron chi connectivity index (χ0n) is 12.2. The van der Waals surface area contributed by atoms with Crippen LogP contribution in [0.15, 0.2) is 0 Å². The Kier molecular flexibility index (Phi) is 5.60. The van der Waals surface area contributed by atoms with E-state index in [2.05, 4.69) is 22.5 Å². The molecule has 0 aromatic carbocycles. The van der Waals surface area contributed by atoms with Gasteiger partial charge in [-0.3, -0.25) is 9.69 Å². The number of nitrogens with zero attached hydrogens (tertiary/aromatic N) is 1. The van der Waals surface area contributed by atoms with Gasteiger partial charge in [0, 0.05) is 25.7 Å². The third-order valence-corrected chi connectivity index (χ3v) is 4.06. The van der Waals surface area contributed by atoms with Crippen molar-refractivity contribution < 1.29 is 9.53 Å². The van der Waals surface area contributed by atoms with Crippen LogP contribution in [0.5, 0.6) is 0 Å². The first-order valence-electron chi connectivity index (χ1n) is 7.57. The molecule has 2 rings (SSSR count). The van der Waals surface area contributed by atoms with Crippen LogP contribution in [0.2, 0.25) is 0 Å². The van der Waals surface area contributed by atoms with Gasteiger partial charge in [0.15, 0.2) is 0 Å². The Balaban J connectivity index is 1.66. The average Bonchev–Trinajstić information content (AvgIpc) is 2.89. The Labute approximate surface area is 116 Å². The second-order valence-corrected chi connectivity index (χ2v) is 5.67. The molecule has 0 spiro atoms. The third-order valence-electron chi connectivity index (χ3n) is 4.06. The van der Waals surface area contributed by atoms with Crippen LogP contribution in [0.1, 0.15) is 33.1 Å². The van der Waals surface area contributed by atoms with E-state index in [1.54, 1.807) is 0 Å². The standard InChI is InChI=1S/C14H27N3O2/c1-3-6-15-14(18)11(2)16-8-13-9-17-7-4-5-12(17)10-19-13/h11-13,16H,3-10H2,1-2H3,(H,15,18). The minimum absolute atomic E-state index is 0.0803. The van der Waals surface area contributed by atoms with Gasteiger partial charge in [0.2, 0.25) is 5.91 Å². The van der Waals surface area contributed by atoms with E-state index in [0.29, 0.717) is 6.04 Å². The van der Waals surface area contributed by atoms with E-state index in [4.69, 9.17) is 4.74 Å². The van der Waals surface area contributed by atoms with Crippen molar-refractivity contribution in [2.45, 2.75) is 51.3 Å². The summed E-state index contributed by atoms with van der Waals surface area (Å²) >= 11 is 0. The fourth-order valence-corrected chi connectivity index (χ4v) is 2.81. The zero-order valence-corrected chi connectivity index (χ0v) is 12.2. The Morgan fingerprint density at radius 1 is 1.53 bits per heavy atom. The molecule has 0 aliphatic carbocycles. The molecule has 19 heavy (non-hydrogen) atoms. The van der Waals surface area contributed by atoms with Crippen LogP contribution in [0, 0.1) is 0 Å². The van der Waals surface area contributed by atoms with Crippen LogP contribution < -0.4 is 10.6 Å². The van der Waals surface area contributed by atoms with Gasteiger partial charge >= 0.3 is 0 Å². The fourth-order valence-electron chi connectivity index (χ4n) is 2.81. The molecule has 5 heteroatoms. The van der Waals surface area contributed by atoms with Gasteiger partial charge in [0.1, 0.15) is 0 Å². The van der Waals surface area contributed by atoms with Crippen molar-refractivity contribution in [3.8, 4) is 0 Å². The molecule has 0 bridgehead atoms. The number of hydrogen-bond acceptors (Lipinski definition) is 4. The van der Waals surface area contributed by atoms with Crippen molar-refractivity contribution in [2.24, 2.45) is 0 Å². The van der Waals surface area contributed by atoms with E-state index in [0.717, 1.165) is 32.7 Å². The fraction of sp³-hybridized carbons (Fsp3) is 0.929. The highest BCUT2D eigenvalue weighted by molar-refractivity contribution is 5.81. The number of carbonyl (C=O) groups excluding carboxylic acids is 1. The van der Waals surface area contributed by atoms with E-state index >= 15 is 0 Å². The van der Waals surface area contributed by atoms with Gasteiger partial charge in [-0.2, -0.15) is 0 Å². The van der Waals surface area contributed by atoms with Crippen molar-refractivity contribution in [3.63, 3.8) is 0 Å². The molecule has 2 N–H and O–H groups in total. The summed E-state index contributed by atoms with van der Waals surface area (Å²) in [6.07, 6.45) is 3.76. The lowest BCUT2D eigenvalue weighted by Crippen LogP contribution is -2.52. The Morgan fingerprint density at radius 2 is 2.37 bits per heavy atom. The number of nitrogens with one attached hydrogen (secondary N) is 2. The van der Waals surface area contributed by atoms with Crippen molar-refractivity contribution in [1.29, 1.82) is 0 Å². The molecule has 1 amide bonds. The van der Waals surface area contributed by atoms with Gasteiger partial charge in [-0.15, -0.1) is 0 Å². The zero-order chi connectivity index (χ0) is 13.7. The van der Waals surface area contributed by atoms with Crippen molar-refractivity contribution in [3.05, 3.63) is 0 Å². The van der Waals surface area contributed by atoms with Gasteiger partial charge in [-0.25, -0.2) is 0 Å². The summed E-state index contributed by atoms with van der Waals surface area (Å²) < 4.78 is 5.87. The molecule has 2 heterocycles. The molecule has 110 valence electrons. The summed E-state index contributed by atoms with van der Waals surface area (Å²) in [7, 11) is 0. The highest BCUT2D eigenvalue weighted by atomic mass is 16.5. The number of amides is 1. The predicted octanol–water partition coefficient (Wildman–Crippen LogP) is 0.354. The maximum Gasteiger partial charge on any atom is 0.236 e. The predicted molar refractivity (Wildman–Crippen MR) is 75.1 cm³/mol. The summed E-state index contributed by atoms with van der Waals surface area (Å²) in [4.78, 5) is 14.3. The monoisotopic (exact) mass is 269 g/mol. The van der Waals surface area contributed by atoms with E-state index in [1.165, 1.54) is 19.4 Å². The molecule has 0 aromatic rings. The number of morpholine rings is 1. The van der Waals surface area contributed by atoms with Gasteiger partial charge in [0.05, 0.1) is 18.8 Å². The molecular formula is C14H27N3O2. The lowest BCUT2D eigenvalue weighted by Gasteiger charge is -2.35. The molecule has 0 radical (unpaired) electrons. The first kappa shape index (κ1) is 14.8. The van der Waals surface area contributed by atoms with Crippen LogP contribution in [0.25, 0.3) is 0 Å². The average molecular weight is 269 g/mol. The van der Waals surface area contributed by atoms with Gasteiger partial charge in [0.25, 0.3) is 0 Å². The molecule has 2 aliphatic heterocycles. The maximum atomic E-state index is 11.7. The first-order chi connectivity index (χ1) is 9.20. The van der Waals surface area contributed by atoms with E-state index in [1.807, 2.05) is 6.92 Å². The Morgan fingerprint density at radius 3 is 3.16 bits per heavy atom. The Bertz CT molecular complexity index is 298. The SMILES string of the molecule is CCCNC(=O)C(C)NCC1CN2CCCC2CO1. The minimum Gasteiger partial charge on any atom is -0.374 e. The maximum absolute atomic E-state index is 11.7. The Hall–Kier alpha value is -0.650. The largest absolute Gasteiger partial charge is 0.374 e. The highest BCUT2D eigenvalue weighted by Gasteiger charge is 2.32. The second kappa shape index (κ2) is 7.22. The first-order valence-corrected chi connectivity index (χ1v) is 7.57. The molecule has 3 unspecified atom stereocenters. The smallest absolute Gasteiger partial charge is 0.236 e. The topological polar surface area (TPSA) is 53.6 Å². The number of fused-ring (bicyclic) bond motifs is 1. The molecule has 0 saturated carbocycles. The number of rotatable bonds is 6. The van der Waals surface area contributed by atoms with Crippen LogP contribution in [-0.4, -0.2) is 61.8 Å². The molecule has 5 nitrogen and oxygen atoms in total. The van der Waals surface area contributed by atoms with Gasteiger partial charge < -0.3 is 15.4 Å². The highest BCUT2D eigenvalue weighted by Crippen LogP contribution is 2.22. The summed E-state index contributed by atoms with van der Waals surface area (Å²) in [5.41, 5.74) is 0. The molecular weight excluding hydrogens is 242 g/mol. The van der Waals surface area contributed by atoms with Gasteiger partial charge in [-0.1, -0.05) is 6.92 Å². The van der Waals surface area contributed by atoms with Crippen LogP contribution in [0.3, 0.4) is 0 Å². The van der Waals surface area contributed by atoms with Crippen molar-refractivity contribution in [2.75, 3.05) is 32.8 Å². The normalized spacial score (nSPS) is 28.9. The number of carbonyl (C=O) groups is 1. The molecule has 0 aromatic heterocycles. The lowest BCUT2D eigenvalue weighted by atomic mass is 10.2. The van der Waals surface area contributed by atoms with E-state index in [9.17, 15) is 4.79 Å². The van der Waals surface area contributed by atoms with E-state index in [-0.39, 0.29) is 18.1 Å². The van der Waals surface area contributed by atoms with Crippen LogP contribution in [0.4, 0.5) is 0 Å². The van der Waals surface area contributed by atoms with Crippen molar-refractivity contribution >= 4 is 5.91 Å². The molecule has 3 atom stereocenters. The quantitative estimate of drug-likeness (QED) is 0.731. The number of ether oxygens (including phenoxy) is 1. The molecule has 2 aliphatic rings.